The molecule has 1 aliphatic carbocycles. The molecule has 0 spiro atoms. The van der Waals surface area contributed by atoms with Crippen LogP contribution in [0.3, 0.4) is 0 Å². The fraction of sp³-hybridized carbons (Fsp3) is 0.750. The summed E-state index contributed by atoms with van der Waals surface area (Å²) in [5.41, 5.74) is 0.623. The van der Waals surface area contributed by atoms with Crippen LogP contribution in [0.2, 0.25) is 0 Å². The van der Waals surface area contributed by atoms with Crippen molar-refractivity contribution in [2.45, 2.75) is 44.9 Å². The minimum atomic E-state index is -0.249. The number of carbonyl (C=O) groups excluding carboxylic acids is 1. The van der Waals surface area contributed by atoms with Gasteiger partial charge in [0.25, 0.3) is 0 Å². The quantitative estimate of drug-likeness (QED) is 0.510. The van der Waals surface area contributed by atoms with Gasteiger partial charge in [0.05, 0.1) is 7.11 Å². The highest BCUT2D eigenvalue weighted by Crippen LogP contribution is 2.28. The van der Waals surface area contributed by atoms with Crippen LogP contribution in [-0.4, -0.2) is 13.1 Å². The van der Waals surface area contributed by atoms with Crippen molar-refractivity contribution in [3.63, 3.8) is 0 Å². The number of methoxy groups -OCH3 is 1. The molecule has 2 nitrogen and oxygen atoms in total. The minimum absolute atomic E-state index is 0.249. The molecule has 1 aliphatic rings. The van der Waals surface area contributed by atoms with Gasteiger partial charge in [0.2, 0.25) is 0 Å². The molecule has 0 saturated heterocycles. The van der Waals surface area contributed by atoms with Crippen molar-refractivity contribution >= 4 is 5.97 Å². The van der Waals surface area contributed by atoms with Crippen LogP contribution in [0, 0.1) is 5.92 Å². The summed E-state index contributed by atoms with van der Waals surface area (Å²) in [5.74, 6) is 0.561. The van der Waals surface area contributed by atoms with Gasteiger partial charge in [-0.05, 0) is 18.8 Å². The Balaban J connectivity index is 2.18. The second-order valence-electron chi connectivity index (χ2n) is 4.14. The maximum Gasteiger partial charge on any atom is 0.333 e. The zero-order chi connectivity index (χ0) is 10.4. The first-order valence-corrected chi connectivity index (χ1v) is 5.50. The molecule has 0 aromatic heterocycles. The van der Waals surface area contributed by atoms with E-state index in [1.165, 1.54) is 39.2 Å². The fourth-order valence-electron chi connectivity index (χ4n) is 2.10. The lowest BCUT2D eigenvalue weighted by Gasteiger charge is -2.21. The zero-order valence-corrected chi connectivity index (χ0v) is 9.05. The SMILES string of the molecule is C=C(CCC1CCCCC1)C(=O)OC. The number of carbonyl (C=O) groups is 1. The molecule has 80 valence electrons. The second kappa shape index (κ2) is 5.84. The Morgan fingerprint density at radius 1 is 1.36 bits per heavy atom. The van der Waals surface area contributed by atoms with E-state index in [1.54, 1.807) is 0 Å². The van der Waals surface area contributed by atoms with Gasteiger partial charge in [-0.2, -0.15) is 0 Å². The summed E-state index contributed by atoms with van der Waals surface area (Å²) in [6.07, 6.45) is 8.66. The maximum atomic E-state index is 11.1. The molecular weight excluding hydrogens is 176 g/mol. The van der Waals surface area contributed by atoms with Crippen LogP contribution >= 0.6 is 0 Å². The highest BCUT2D eigenvalue weighted by Gasteiger charge is 2.15. The van der Waals surface area contributed by atoms with Gasteiger partial charge < -0.3 is 4.74 Å². The summed E-state index contributed by atoms with van der Waals surface area (Å²) in [5, 5.41) is 0. The molecule has 0 aliphatic heterocycles. The molecule has 0 unspecified atom stereocenters. The smallest absolute Gasteiger partial charge is 0.333 e. The fourth-order valence-corrected chi connectivity index (χ4v) is 2.10. The molecule has 0 heterocycles. The number of rotatable bonds is 4. The van der Waals surface area contributed by atoms with Gasteiger partial charge in [0.1, 0.15) is 0 Å². The summed E-state index contributed by atoms with van der Waals surface area (Å²) < 4.78 is 4.61. The average molecular weight is 196 g/mol. The molecule has 0 radical (unpaired) electrons. The predicted octanol–water partition coefficient (Wildman–Crippen LogP) is 3.08. The lowest BCUT2D eigenvalue weighted by atomic mass is 9.85. The van der Waals surface area contributed by atoms with Crippen molar-refractivity contribution in [3.8, 4) is 0 Å². The molecule has 0 atom stereocenters. The first kappa shape index (κ1) is 11.3. The van der Waals surface area contributed by atoms with Crippen LogP contribution in [0.4, 0.5) is 0 Å². The summed E-state index contributed by atoms with van der Waals surface area (Å²) in [4.78, 5) is 11.1. The van der Waals surface area contributed by atoms with E-state index in [0.717, 1.165) is 18.8 Å². The highest BCUT2D eigenvalue weighted by atomic mass is 16.5. The first-order valence-electron chi connectivity index (χ1n) is 5.50. The van der Waals surface area contributed by atoms with Gasteiger partial charge in [-0.3, -0.25) is 0 Å². The van der Waals surface area contributed by atoms with E-state index in [2.05, 4.69) is 11.3 Å². The number of hydrogen-bond donors (Lipinski definition) is 0. The lowest BCUT2D eigenvalue weighted by molar-refractivity contribution is -0.136. The van der Waals surface area contributed by atoms with Gasteiger partial charge in [-0.15, -0.1) is 0 Å². The van der Waals surface area contributed by atoms with Crippen molar-refractivity contribution in [2.75, 3.05) is 7.11 Å². The molecule has 0 bridgehead atoms. The predicted molar refractivity (Wildman–Crippen MR) is 57.0 cm³/mol. The average Bonchev–Trinajstić information content (AvgIpc) is 2.26. The highest BCUT2D eigenvalue weighted by molar-refractivity contribution is 5.87. The Labute approximate surface area is 86.3 Å². The molecule has 1 saturated carbocycles. The molecule has 0 amide bonds. The molecule has 1 fully saturated rings. The van der Waals surface area contributed by atoms with Crippen LogP contribution in [0.1, 0.15) is 44.9 Å². The van der Waals surface area contributed by atoms with E-state index >= 15 is 0 Å². The van der Waals surface area contributed by atoms with Crippen molar-refractivity contribution in [1.82, 2.24) is 0 Å². The van der Waals surface area contributed by atoms with E-state index in [9.17, 15) is 4.79 Å². The molecule has 0 N–H and O–H groups in total. The Morgan fingerprint density at radius 3 is 2.57 bits per heavy atom. The van der Waals surface area contributed by atoms with Gasteiger partial charge in [0.15, 0.2) is 0 Å². The monoisotopic (exact) mass is 196 g/mol. The number of esters is 1. The molecular formula is C12H20O2. The first-order chi connectivity index (χ1) is 6.74. The largest absolute Gasteiger partial charge is 0.466 e. The van der Waals surface area contributed by atoms with Gasteiger partial charge in [-0.1, -0.05) is 38.7 Å². The summed E-state index contributed by atoms with van der Waals surface area (Å²) in [6.45, 7) is 3.74. The molecule has 1 rings (SSSR count). The Kier molecular flexibility index (Phi) is 4.71. The summed E-state index contributed by atoms with van der Waals surface area (Å²) in [7, 11) is 1.41. The molecule has 2 heteroatoms. The van der Waals surface area contributed by atoms with E-state index in [0.29, 0.717) is 5.57 Å². The molecule has 0 aromatic rings. The minimum Gasteiger partial charge on any atom is -0.466 e. The van der Waals surface area contributed by atoms with Crippen molar-refractivity contribution < 1.29 is 9.53 Å². The molecule has 0 aromatic carbocycles. The topological polar surface area (TPSA) is 26.3 Å². The van der Waals surface area contributed by atoms with E-state index in [1.807, 2.05) is 0 Å². The standard InChI is InChI=1S/C12H20O2/c1-10(12(13)14-2)8-9-11-6-4-3-5-7-11/h11H,1,3-9H2,2H3. The van der Waals surface area contributed by atoms with Crippen LogP contribution < -0.4 is 0 Å². The molecule has 14 heavy (non-hydrogen) atoms. The third-order valence-corrected chi connectivity index (χ3v) is 3.05. The summed E-state index contributed by atoms with van der Waals surface area (Å²) >= 11 is 0. The third kappa shape index (κ3) is 3.52. The summed E-state index contributed by atoms with van der Waals surface area (Å²) in [6, 6.07) is 0. The van der Waals surface area contributed by atoms with Gasteiger partial charge in [0, 0.05) is 5.57 Å². The van der Waals surface area contributed by atoms with E-state index in [4.69, 9.17) is 0 Å². The van der Waals surface area contributed by atoms with Crippen LogP contribution in [0.5, 0.6) is 0 Å². The second-order valence-corrected chi connectivity index (χ2v) is 4.14. The third-order valence-electron chi connectivity index (χ3n) is 3.05. The number of ether oxygens (including phenoxy) is 1. The Morgan fingerprint density at radius 2 is 2.00 bits per heavy atom. The van der Waals surface area contributed by atoms with Crippen LogP contribution in [0.15, 0.2) is 12.2 Å². The van der Waals surface area contributed by atoms with Gasteiger partial charge in [-0.25, -0.2) is 4.79 Å². The maximum absolute atomic E-state index is 11.1. The van der Waals surface area contributed by atoms with Crippen LogP contribution in [-0.2, 0) is 9.53 Å². The van der Waals surface area contributed by atoms with Crippen LogP contribution in [0.25, 0.3) is 0 Å². The Hall–Kier alpha value is -0.790. The van der Waals surface area contributed by atoms with E-state index < -0.39 is 0 Å². The van der Waals surface area contributed by atoms with Gasteiger partial charge >= 0.3 is 5.97 Å². The van der Waals surface area contributed by atoms with Crippen molar-refractivity contribution in [2.24, 2.45) is 5.92 Å². The Bertz CT molecular complexity index is 202. The van der Waals surface area contributed by atoms with E-state index in [-0.39, 0.29) is 5.97 Å². The lowest BCUT2D eigenvalue weighted by Crippen LogP contribution is -2.09. The number of hydrogen-bond acceptors (Lipinski definition) is 2. The van der Waals surface area contributed by atoms with Crippen molar-refractivity contribution in [3.05, 3.63) is 12.2 Å². The van der Waals surface area contributed by atoms with Crippen molar-refractivity contribution in [1.29, 1.82) is 0 Å². The normalized spacial score (nSPS) is 17.8. The zero-order valence-electron chi connectivity index (χ0n) is 9.05.